The fourth-order valence-electron chi connectivity index (χ4n) is 17.6. The summed E-state index contributed by atoms with van der Waals surface area (Å²) in [4.78, 5) is 31.4. The highest BCUT2D eigenvalue weighted by Crippen LogP contribution is 2.41. The van der Waals surface area contributed by atoms with Crippen LogP contribution in [-0.2, 0) is 0 Å². The molecule has 0 saturated carbocycles. The highest BCUT2D eigenvalue weighted by Gasteiger charge is 2.22. The van der Waals surface area contributed by atoms with E-state index in [9.17, 15) is 0 Å². The van der Waals surface area contributed by atoms with Gasteiger partial charge in [-0.2, -0.15) is 0 Å². The fourth-order valence-corrected chi connectivity index (χ4v) is 17.6. The smallest absolute Gasteiger partial charge is 0.164 e. The maximum atomic E-state index is 5.24. The molecule has 0 fully saturated rings. The van der Waals surface area contributed by atoms with Crippen molar-refractivity contribution in [2.75, 3.05) is 0 Å². The topological polar surface area (TPSA) is 97.1 Å². The zero-order valence-electron chi connectivity index (χ0n) is 63.7. The normalized spacial score (nSPS) is 11.7. The van der Waals surface area contributed by atoms with Crippen molar-refractivity contribution in [3.05, 3.63) is 413 Å². The van der Waals surface area contributed by atoms with Crippen molar-refractivity contribution in [1.82, 2.24) is 48.2 Å². The molecule has 118 heavy (non-hydrogen) atoms. The van der Waals surface area contributed by atoms with Crippen molar-refractivity contribution >= 4 is 87.2 Å². The van der Waals surface area contributed by atoms with E-state index in [0.29, 0.717) is 34.9 Å². The van der Waals surface area contributed by atoms with Crippen molar-refractivity contribution in [2.45, 2.75) is 0 Å². The van der Waals surface area contributed by atoms with E-state index < -0.39 is 0 Å². The Bertz CT molecular complexity index is 6820. The maximum Gasteiger partial charge on any atom is 0.164 e. The standard InChI is InChI=1S/C108H68N10/c1-9-28-95-87(20-1)88-21-2-10-29-96(88)115(95)83-60-52-77(53-61-83)105-109-103(110-106(113-105)78-54-62-84(63-55-78)116-97-30-11-3-22-89(97)90-23-4-12-31-98(90)116)75-48-44-71(45-49-75)69-36-40-73(41-37-69)81-18-17-19-82(68-81)74-42-38-70(39-43-74)72-46-50-76(51-47-72)104-111-107(79-56-64-85(65-57-79)117-99-32-13-5-24-91(99)92-25-6-14-33-100(92)117)114-108(112-104)80-58-66-86(67-59-80)118-101-34-15-7-26-93(101)94-27-8-16-35-102(94)118/h1-68H. The number of aromatic nitrogens is 10. The van der Waals surface area contributed by atoms with Gasteiger partial charge in [-0.25, -0.2) is 29.9 Å². The number of nitrogens with zero attached hydrogens (tertiary/aromatic N) is 10. The monoisotopic (exact) mass is 1500 g/mol. The summed E-state index contributed by atoms with van der Waals surface area (Å²) < 4.78 is 9.33. The lowest BCUT2D eigenvalue weighted by molar-refractivity contribution is 1.07. The molecule has 17 aromatic carbocycles. The van der Waals surface area contributed by atoms with E-state index in [1.54, 1.807) is 0 Å². The van der Waals surface area contributed by atoms with Gasteiger partial charge in [-0.1, -0.05) is 261 Å². The molecule has 0 bridgehead atoms. The van der Waals surface area contributed by atoms with Crippen LogP contribution in [0, 0.1) is 0 Å². The lowest BCUT2D eigenvalue weighted by Crippen LogP contribution is -2.01. The van der Waals surface area contributed by atoms with E-state index in [1.165, 1.54) is 43.1 Å². The number of para-hydroxylation sites is 8. The van der Waals surface area contributed by atoms with Crippen molar-refractivity contribution in [3.8, 4) is 136 Å². The molecule has 0 radical (unpaired) electrons. The van der Waals surface area contributed by atoms with Gasteiger partial charge < -0.3 is 18.3 Å². The van der Waals surface area contributed by atoms with Gasteiger partial charge >= 0.3 is 0 Å². The van der Waals surface area contributed by atoms with Gasteiger partial charge in [-0.3, -0.25) is 0 Å². The first-order valence-corrected chi connectivity index (χ1v) is 39.9. The van der Waals surface area contributed by atoms with Crippen LogP contribution in [0.2, 0.25) is 0 Å². The Morgan fingerprint density at radius 1 is 0.119 bits per heavy atom. The Kier molecular flexibility index (Phi) is 16.0. The van der Waals surface area contributed by atoms with Gasteiger partial charge in [-0.05, 0) is 196 Å². The average Bonchev–Trinajstić information content (AvgIpc) is 1.61. The summed E-state index contributed by atoms with van der Waals surface area (Å²) in [7, 11) is 0. The summed E-state index contributed by atoms with van der Waals surface area (Å²) in [5.41, 5.74) is 27.8. The molecule has 0 spiro atoms. The van der Waals surface area contributed by atoms with Crippen LogP contribution < -0.4 is 0 Å². The van der Waals surface area contributed by atoms with Crippen molar-refractivity contribution < 1.29 is 0 Å². The molecule has 23 rings (SSSR count). The molecule has 0 aliphatic carbocycles. The molecule has 10 nitrogen and oxygen atoms in total. The summed E-state index contributed by atoms with van der Waals surface area (Å²) in [6.45, 7) is 0. The Morgan fingerprint density at radius 2 is 0.263 bits per heavy atom. The molecule has 0 aliphatic rings. The summed E-state index contributed by atoms with van der Waals surface area (Å²) in [6, 6.07) is 147. The molecule has 0 amide bonds. The molecule has 10 heteroatoms. The molecule has 0 N–H and O–H groups in total. The zero-order valence-corrected chi connectivity index (χ0v) is 63.7. The Morgan fingerprint density at radius 3 is 0.441 bits per heavy atom. The minimum absolute atomic E-state index is 0.593. The lowest BCUT2D eigenvalue weighted by atomic mass is 9.95. The van der Waals surface area contributed by atoms with Gasteiger partial charge in [0.25, 0.3) is 0 Å². The highest BCUT2D eigenvalue weighted by atomic mass is 15.1. The van der Waals surface area contributed by atoms with Crippen molar-refractivity contribution in [2.24, 2.45) is 0 Å². The molecule has 6 aromatic heterocycles. The molecule has 550 valence electrons. The minimum Gasteiger partial charge on any atom is -0.309 e. The minimum atomic E-state index is 0.593. The van der Waals surface area contributed by atoms with Crippen LogP contribution >= 0.6 is 0 Å². The van der Waals surface area contributed by atoms with Gasteiger partial charge in [0.1, 0.15) is 0 Å². The van der Waals surface area contributed by atoms with Crippen molar-refractivity contribution in [1.29, 1.82) is 0 Å². The first-order chi connectivity index (χ1) is 58.5. The van der Waals surface area contributed by atoms with Crippen LogP contribution in [0.4, 0.5) is 0 Å². The number of benzene rings is 17. The summed E-state index contributed by atoms with van der Waals surface area (Å²) in [6.07, 6.45) is 0. The van der Waals surface area contributed by atoms with Crippen LogP contribution in [-0.4, -0.2) is 48.2 Å². The second kappa shape index (κ2) is 28.0. The predicted molar refractivity (Wildman–Crippen MR) is 485 cm³/mol. The Balaban J connectivity index is 0.513. The third-order valence-electron chi connectivity index (χ3n) is 23.4. The van der Waals surface area contributed by atoms with E-state index in [0.717, 1.165) is 145 Å². The largest absolute Gasteiger partial charge is 0.309 e. The fraction of sp³-hybridized carbons (Fsp3) is 0. The van der Waals surface area contributed by atoms with Crippen LogP contribution in [0.15, 0.2) is 413 Å². The second-order valence-corrected chi connectivity index (χ2v) is 30.2. The van der Waals surface area contributed by atoms with E-state index in [-0.39, 0.29) is 0 Å². The first kappa shape index (κ1) is 67.6. The zero-order chi connectivity index (χ0) is 77.7. The van der Waals surface area contributed by atoms with E-state index in [2.05, 4.69) is 431 Å². The summed E-state index contributed by atoms with van der Waals surface area (Å²) in [5.74, 6) is 3.56. The molecule has 23 aromatic rings. The Labute approximate surface area is 679 Å². The second-order valence-electron chi connectivity index (χ2n) is 30.2. The van der Waals surface area contributed by atoms with Gasteiger partial charge in [-0.15, -0.1) is 0 Å². The van der Waals surface area contributed by atoms with Gasteiger partial charge in [0.15, 0.2) is 34.9 Å². The Hall–Kier alpha value is -16.0. The number of hydrogen-bond acceptors (Lipinski definition) is 6. The van der Waals surface area contributed by atoms with Crippen LogP contribution in [0.25, 0.3) is 223 Å². The maximum absolute atomic E-state index is 5.24. The highest BCUT2D eigenvalue weighted by molar-refractivity contribution is 6.12. The molecular formula is C108H68N10. The predicted octanol–water partition coefficient (Wildman–Crippen LogP) is 27.1. The molecule has 0 atom stereocenters. The van der Waals surface area contributed by atoms with Crippen LogP contribution in [0.5, 0.6) is 0 Å². The number of hydrogen-bond donors (Lipinski definition) is 0. The lowest BCUT2D eigenvalue weighted by Gasteiger charge is -2.12. The summed E-state index contributed by atoms with van der Waals surface area (Å²) in [5, 5.41) is 9.77. The van der Waals surface area contributed by atoms with E-state index in [1.807, 2.05) is 0 Å². The third-order valence-corrected chi connectivity index (χ3v) is 23.4. The molecule has 0 saturated heterocycles. The third kappa shape index (κ3) is 11.6. The molecule has 0 aliphatic heterocycles. The van der Waals surface area contributed by atoms with Crippen LogP contribution in [0.3, 0.4) is 0 Å². The average molecular weight is 1510 g/mol. The quantitative estimate of drug-likeness (QED) is 0.108. The number of fused-ring (bicyclic) bond motifs is 12. The van der Waals surface area contributed by atoms with Gasteiger partial charge in [0.2, 0.25) is 0 Å². The molecule has 6 heterocycles. The van der Waals surface area contributed by atoms with Crippen LogP contribution in [0.1, 0.15) is 0 Å². The van der Waals surface area contributed by atoms with Crippen molar-refractivity contribution in [3.63, 3.8) is 0 Å². The summed E-state index contributed by atoms with van der Waals surface area (Å²) >= 11 is 0. The first-order valence-electron chi connectivity index (χ1n) is 39.9. The number of rotatable bonds is 14. The van der Waals surface area contributed by atoms with Gasteiger partial charge in [0.05, 0.1) is 44.1 Å². The molecule has 0 unspecified atom stereocenters. The van der Waals surface area contributed by atoms with E-state index in [4.69, 9.17) is 29.9 Å². The van der Waals surface area contributed by atoms with E-state index >= 15 is 0 Å². The SMILES string of the molecule is c1cc(-c2ccc(-c3ccc(-c4nc(-c5ccc(-n6c7ccccc7c7ccccc76)cc5)nc(-c5ccc(-n6c7ccccc7c7ccccc76)cc5)n4)cc3)cc2)cc(-c2ccc(-c3ccc(-c4nc(-c5ccc(-n6c7ccccc7c7ccccc76)cc5)nc(-c5ccc(-n6c7ccccc7c7ccccc76)cc5)n4)cc3)cc2)c1. The van der Waals surface area contributed by atoms with Gasteiger partial charge in [0, 0.05) is 99.2 Å². The molecular weight excluding hydrogens is 1440 g/mol.